The van der Waals surface area contributed by atoms with Gasteiger partial charge in [-0.1, -0.05) is 0 Å². The Bertz CT molecular complexity index is 331. The van der Waals surface area contributed by atoms with Crippen LogP contribution in [0.25, 0.3) is 0 Å². The van der Waals surface area contributed by atoms with E-state index >= 15 is 0 Å². The fourth-order valence-electron chi connectivity index (χ4n) is 1.88. The van der Waals surface area contributed by atoms with Gasteiger partial charge in [0.1, 0.15) is 0 Å². The van der Waals surface area contributed by atoms with Crippen LogP contribution in [0.15, 0.2) is 12.4 Å². The van der Waals surface area contributed by atoms with Gasteiger partial charge in [0, 0.05) is 37.6 Å². The number of anilines is 1. The molecule has 15 heavy (non-hydrogen) atoms. The molecule has 1 N–H and O–H groups in total. The van der Waals surface area contributed by atoms with Gasteiger partial charge in [0.05, 0.1) is 0 Å². The van der Waals surface area contributed by atoms with Gasteiger partial charge in [0.25, 0.3) is 0 Å². The Balaban J connectivity index is 2.25. The summed E-state index contributed by atoms with van der Waals surface area (Å²) in [7, 11) is 0. The molecule has 0 radical (unpaired) electrons. The predicted molar refractivity (Wildman–Crippen MR) is 61.1 cm³/mol. The lowest BCUT2D eigenvalue weighted by Gasteiger charge is -2.42. The van der Waals surface area contributed by atoms with Crippen LogP contribution in [0, 0.1) is 6.92 Å². The van der Waals surface area contributed by atoms with E-state index in [4.69, 9.17) is 0 Å². The summed E-state index contributed by atoms with van der Waals surface area (Å²) in [5, 5.41) is 3.39. The molecule has 0 unspecified atom stereocenters. The van der Waals surface area contributed by atoms with E-state index < -0.39 is 0 Å². The third-order valence-corrected chi connectivity index (χ3v) is 2.81. The van der Waals surface area contributed by atoms with Gasteiger partial charge in [-0.3, -0.25) is 0 Å². The Morgan fingerprint density at radius 3 is 2.60 bits per heavy atom. The van der Waals surface area contributed by atoms with Gasteiger partial charge in [-0.2, -0.15) is 0 Å². The molecule has 2 rings (SSSR count). The van der Waals surface area contributed by atoms with E-state index in [1.165, 1.54) is 0 Å². The number of aromatic nitrogens is 2. The zero-order chi connectivity index (χ0) is 10.9. The van der Waals surface area contributed by atoms with Crippen LogP contribution < -0.4 is 10.2 Å². The SMILES string of the molecule is Cc1cnc(N2CCNCC2(C)C)nc1. The van der Waals surface area contributed by atoms with Crippen molar-refractivity contribution in [3.63, 3.8) is 0 Å². The van der Waals surface area contributed by atoms with Crippen LogP contribution in [0.5, 0.6) is 0 Å². The minimum atomic E-state index is 0.0908. The van der Waals surface area contributed by atoms with E-state index in [2.05, 4.69) is 34.0 Å². The molecule has 1 aromatic rings. The maximum absolute atomic E-state index is 4.38. The third kappa shape index (κ3) is 2.09. The van der Waals surface area contributed by atoms with Crippen molar-refractivity contribution >= 4 is 5.95 Å². The summed E-state index contributed by atoms with van der Waals surface area (Å²) < 4.78 is 0. The van der Waals surface area contributed by atoms with Crippen LogP contribution in [0.3, 0.4) is 0 Å². The first kappa shape index (κ1) is 10.4. The second-order valence-electron chi connectivity index (χ2n) is 4.70. The molecule has 0 spiro atoms. The zero-order valence-electron chi connectivity index (χ0n) is 9.62. The summed E-state index contributed by atoms with van der Waals surface area (Å²) in [6.07, 6.45) is 3.75. The normalized spacial score (nSPS) is 20.3. The highest BCUT2D eigenvalue weighted by Gasteiger charge is 2.31. The van der Waals surface area contributed by atoms with E-state index in [-0.39, 0.29) is 5.54 Å². The number of nitrogens with zero attached hydrogens (tertiary/aromatic N) is 3. The minimum Gasteiger partial charge on any atom is -0.333 e. The van der Waals surface area contributed by atoms with Gasteiger partial charge in [0.2, 0.25) is 5.95 Å². The lowest BCUT2D eigenvalue weighted by molar-refractivity contribution is 0.374. The standard InChI is InChI=1S/C11H18N4/c1-9-6-13-10(14-7-9)15-5-4-12-8-11(15,2)3/h6-7,12H,4-5,8H2,1-3H3. The zero-order valence-corrected chi connectivity index (χ0v) is 9.62. The van der Waals surface area contributed by atoms with Gasteiger partial charge in [-0.25, -0.2) is 9.97 Å². The smallest absolute Gasteiger partial charge is 0.225 e. The predicted octanol–water partition coefficient (Wildman–Crippen LogP) is 0.973. The average Bonchev–Trinajstić information content (AvgIpc) is 2.19. The molecule has 1 aliphatic heterocycles. The molecule has 2 heterocycles. The Labute approximate surface area is 90.7 Å². The monoisotopic (exact) mass is 206 g/mol. The van der Waals surface area contributed by atoms with E-state index in [9.17, 15) is 0 Å². The maximum atomic E-state index is 4.38. The van der Waals surface area contributed by atoms with Crippen molar-refractivity contribution in [3.8, 4) is 0 Å². The number of aryl methyl sites for hydroxylation is 1. The summed E-state index contributed by atoms with van der Waals surface area (Å²) in [4.78, 5) is 11.0. The second-order valence-corrected chi connectivity index (χ2v) is 4.70. The lowest BCUT2D eigenvalue weighted by atomic mass is 10.0. The molecule has 0 amide bonds. The third-order valence-electron chi connectivity index (χ3n) is 2.81. The molecule has 1 aliphatic rings. The van der Waals surface area contributed by atoms with Gasteiger partial charge in [-0.15, -0.1) is 0 Å². The molecule has 1 fully saturated rings. The van der Waals surface area contributed by atoms with Crippen molar-refractivity contribution in [3.05, 3.63) is 18.0 Å². The van der Waals surface area contributed by atoms with Crippen LogP contribution in [0.2, 0.25) is 0 Å². The fraction of sp³-hybridized carbons (Fsp3) is 0.636. The molecule has 0 aliphatic carbocycles. The van der Waals surface area contributed by atoms with Crippen LogP contribution in [0.1, 0.15) is 19.4 Å². The topological polar surface area (TPSA) is 41.1 Å². The molecule has 4 nitrogen and oxygen atoms in total. The molecule has 1 aromatic heterocycles. The summed E-state index contributed by atoms with van der Waals surface area (Å²) in [6.45, 7) is 9.37. The molecular weight excluding hydrogens is 188 g/mol. The summed E-state index contributed by atoms with van der Waals surface area (Å²) >= 11 is 0. The highest BCUT2D eigenvalue weighted by molar-refractivity contribution is 5.35. The molecule has 4 heteroatoms. The van der Waals surface area contributed by atoms with E-state index in [0.29, 0.717) is 0 Å². The van der Waals surface area contributed by atoms with Gasteiger partial charge < -0.3 is 10.2 Å². The molecule has 0 saturated carbocycles. The van der Waals surface area contributed by atoms with Gasteiger partial charge in [0.15, 0.2) is 0 Å². The first-order valence-corrected chi connectivity index (χ1v) is 5.37. The van der Waals surface area contributed by atoms with Gasteiger partial charge >= 0.3 is 0 Å². The average molecular weight is 206 g/mol. The summed E-state index contributed by atoms with van der Waals surface area (Å²) in [6, 6.07) is 0. The van der Waals surface area contributed by atoms with Crippen molar-refractivity contribution < 1.29 is 0 Å². The van der Waals surface area contributed by atoms with Crippen molar-refractivity contribution in [2.45, 2.75) is 26.3 Å². The van der Waals surface area contributed by atoms with Crippen LogP contribution in [-0.2, 0) is 0 Å². The van der Waals surface area contributed by atoms with Crippen LogP contribution in [-0.4, -0.2) is 35.1 Å². The molecule has 0 aromatic carbocycles. The largest absolute Gasteiger partial charge is 0.333 e. The minimum absolute atomic E-state index is 0.0908. The summed E-state index contributed by atoms with van der Waals surface area (Å²) in [5.74, 6) is 0.840. The summed E-state index contributed by atoms with van der Waals surface area (Å²) in [5.41, 5.74) is 1.19. The Morgan fingerprint density at radius 2 is 2.00 bits per heavy atom. The highest BCUT2D eigenvalue weighted by Crippen LogP contribution is 2.21. The van der Waals surface area contributed by atoms with Gasteiger partial charge in [-0.05, 0) is 26.3 Å². The number of nitrogens with one attached hydrogen (secondary N) is 1. The van der Waals surface area contributed by atoms with Crippen LogP contribution in [0.4, 0.5) is 5.95 Å². The van der Waals surface area contributed by atoms with Crippen molar-refractivity contribution in [1.82, 2.24) is 15.3 Å². The first-order chi connectivity index (χ1) is 7.09. The van der Waals surface area contributed by atoms with Crippen molar-refractivity contribution in [2.24, 2.45) is 0 Å². The van der Waals surface area contributed by atoms with E-state index in [1.54, 1.807) is 0 Å². The maximum Gasteiger partial charge on any atom is 0.225 e. The number of piperazine rings is 1. The molecule has 0 atom stereocenters. The Hall–Kier alpha value is -1.16. The van der Waals surface area contributed by atoms with Crippen molar-refractivity contribution in [2.75, 3.05) is 24.5 Å². The number of hydrogen-bond acceptors (Lipinski definition) is 4. The molecular formula is C11H18N4. The molecule has 0 bridgehead atoms. The highest BCUT2D eigenvalue weighted by atomic mass is 15.3. The molecule has 1 saturated heterocycles. The quantitative estimate of drug-likeness (QED) is 0.743. The number of rotatable bonds is 1. The first-order valence-electron chi connectivity index (χ1n) is 5.37. The van der Waals surface area contributed by atoms with Crippen molar-refractivity contribution in [1.29, 1.82) is 0 Å². The Kier molecular flexibility index (Phi) is 2.61. The fourth-order valence-corrected chi connectivity index (χ4v) is 1.88. The van der Waals surface area contributed by atoms with E-state index in [0.717, 1.165) is 31.1 Å². The second kappa shape index (κ2) is 3.77. The van der Waals surface area contributed by atoms with E-state index in [1.807, 2.05) is 19.3 Å². The van der Waals surface area contributed by atoms with Crippen LogP contribution >= 0.6 is 0 Å². The Morgan fingerprint density at radius 1 is 1.33 bits per heavy atom. The lowest BCUT2D eigenvalue weighted by Crippen LogP contribution is -2.58. The molecule has 82 valence electrons. The number of hydrogen-bond donors (Lipinski definition) is 1.